The average molecular weight is 419 g/mol. The van der Waals surface area contributed by atoms with Gasteiger partial charge in [-0.25, -0.2) is 9.59 Å². The number of amides is 1. The largest absolute Gasteiger partial charge is 0.422 e. The van der Waals surface area contributed by atoms with Gasteiger partial charge in [-0.15, -0.1) is 11.3 Å². The van der Waals surface area contributed by atoms with E-state index < -0.39 is 17.5 Å². The summed E-state index contributed by atoms with van der Waals surface area (Å²) in [4.78, 5) is 37.5. The summed E-state index contributed by atoms with van der Waals surface area (Å²) in [5.74, 6) is -0.758. The molecule has 2 heterocycles. The Morgan fingerprint density at radius 3 is 2.57 bits per heavy atom. The van der Waals surface area contributed by atoms with E-state index in [1.165, 1.54) is 23.5 Å². The molecule has 0 bridgehead atoms. The number of benzene rings is 2. The molecule has 0 spiro atoms. The Kier molecular flexibility index (Phi) is 5.45. The van der Waals surface area contributed by atoms with Crippen molar-refractivity contribution in [3.05, 3.63) is 98.5 Å². The van der Waals surface area contributed by atoms with Crippen molar-refractivity contribution in [2.75, 3.05) is 0 Å². The predicted molar refractivity (Wildman–Crippen MR) is 114 cm³/mol. The van der Waals surface area contributed by atoms with Crippen LogP contribution in [-0.4, -0.2) is 11.9 Å². The summed E-state index contributed by atoms with van der Waals surface area (Å²) in [5, 5.41) is 5.13. The zero-order valence-electron chi connectivity index (χ0n) is 16.0. The maximum Gasteiger partial charge on any atom is 0.353 e. The van der Waals surface area contributed by atoms with Crippen molar-refractivity contribution in [3.8, 4) is 5.75 Å². The van der Waals surface area contributed by atoms with Crippen LogP contribution < -0.4 is 15.7 Å². The Morgan fingerprint density at radius 1 is 1.03 bits per heavy atom. The Labute approximate surface area is 175 Å². The molecule has 0 radical (unpaired) electrons. The standard InChI is InChI=1S/C23H17NO5S/c1-14(15-6-3-2-4-7-15)24-21(25)18-12-16-9-10-17(13-19(16)29-22(18)26)28-23(27)20-8-5-11-30-20/h2-14H,1H3,(H,24,25). The van der Waals surface area contributed by atoms with Crippen LogP contribution >= 0.6 is 11.3 Å². The summed E-state index contributed by atoms with van der Waals surface area (Å²) in [7, 11) is 0. The van der Waals surface area contributed by atoms with Gasteiger partial charge < -0.3 is 14.5 Å². The highest BCUT2D eigenvalue weighted by Crippen LogP contribution is 2.22. The van der Waals surface area contributed by atoms with Crippen LogP contribution in [-0.2, 0) is 0 Å². The lowest BCUT2D eigenvalue weighted by molar-refractivity contribution is 0.0739. The number of carbonyl (C=O) groups excluding carboxylic acids is 2. The zero-order valence-corrected chi connectivity index (χ0v) is 16.8. The quantitative estimate of drug-likeness (QED) is 0.291. The Hall–Kier alpha value is -3.71. The van der Waals surface area contributed by atoms with E-state index in [4.69, 9.17) is 9.15 Å². The fourth-order valence-electron chi connectivity index (χ4n) is 2.96. The van der Waals surface area contributed by atoms with E-state index in [1.807, 2.05) is 37.3 Å². The van der Waals surface area contributed by atoms with Crippen LogP contribution in [0.25, 0.3) is 11.0 Å². The highest BCUT2D eigenvalue weighted by molar-refractivity contribution is 7.12. The third kappa shape index (κ3) is 4.16. The number of carbonyl (C=O) groups is 2. The first-order valence-corrected chi connectivity index (χ1v) is 10.1. The fraction of sp³-hybridized carbons (Fsp3) is 0.0870. The maximum absolute atomic E-state index is 12.6. The number of ether oxygens (including phenoxy) is 1. The van der Waals surface area contributed by atoms with Gasteiger partial charge in [-0.2, -0.15) is 0 Å². The summed E-state index contributed by atoms with van der Waals surface area (Å²) >= 11 is 1.27. The maximum atomic E-state index is 12.6. The average Bonchev–Trinajstić information content (AvgIpc) is 3.29. The first kappa shape index (κ1) is 19.6. The predicted octanol–water partition coefficient (Wildman–Crippen LogP) is 4.56. The van der Waals surface area contributed by atoms with Crippen molar-refractivity contribution < 1.29 is 18.7 Å². The molecule has 30 heavy (non-hydrogen) atoms. The molecule has 1 N–H and O–H groups in total. The van der Waals surface area contributed by atoms with E-state index in [0.29, 0.717) is 10.3 Å². The van der Waals surface area contributed by atoms with Crippen molar-refractivity contribution in [2.45, 2.75) is 13.0 Å². The first-order valence-electron chi connectivity index (χ1n) is 9.20. The number of esters is 1. The van der Waals surface area contributed by atoms with Gasteiger partial charge >= 0.3 is 11.6 Å². The SMILES string of the molecule is CC(NC(=O)c1cc2ccc(OC(=O)c3cccs3)cc2oc1=O)c1ccccc1. The first-order chi connectivity index (χ1) is 14.5. The number of fused-ring (bicyclic) bond motifs is 1. The summed E-state index contributed by atoms with van der Waals surface area (Å²) in [5.41, 5.74) is 0.299. The molecule has 4 aromatic rings. The second-order valence-corrected chi connectivity index (χ2v) is 7.57. The second-order valence-electron chi connectivity index (χ2n) is 6.62. The molecule has 0 aliphatic heterocycles. The molecular formula is C23H17NO5S. The topological polar surface area (TPSA) is 85.6 Å². The van der Waals surface area contributed by atoms with Crippen molar-refractivity contribution in [1.29, 1.82) is 0 Å². The van der Waals surface area contributed by atoms with Crippen LogP contribution in [0.15, 0.2) is 81.3 Å². The normalized spacial score (nSPS) is 11.8. The highest BCUT2D eigenvalue weighted by atomic mass is 32.1. The molecule has 2 aromatic carbocycles. The van der Waals surface area contributed by atoms with Crippen LogP contribution in [0.2, 0.25) is 0 Å². The third-order valence-electron chi connectivity index (χ3n) is 4.53. The number of rotatable bonds is 5. The van der Waals surface area contributed by atoms with E-state index in [-0.39, 0.29) is 22.9 Å². The van der Waals surface area contributed by atoms with Gasteiger partial charge in [0.1, 0.15) is 21.8 Å². The van der Waals surface area contributed by atoms with E-state index in [0.717, 1.165) is 5.56 Å². The molecule has 150 valence electrons. The molecular weight excluding hydrogens is 402 g/mol. The van der Waals surface area contributed by atoms with E-state index in [2.05, 4.69) is 5.32 Å². The summed E-state index contributed by atoms with van der Waals surface area (Å²) in [6.07, 6.45) is 0. The molecule has 1 atom stereocenters. The summed E-state index contributed by atoms with van der Waals surface area (Å²) < 4.78 is 10.6. The second kappa shape index (κ2) is 8.34. The summed E-state index contributed by atoms with van der Waals surface area (Å²) in [6.45, 7) is 1.84. The Balaban J connectivity index is 1.55. The van der Waals surface area contributed by atoms with Crippen molar-refractivity contribution in [2.24, 2.45) is 0 Å². The van der Waals surface area contributed by atoms with Crippen molar-refractivity contribution in [1.82, 2.24) is 5.32 Å². The van der Waals surface area contributed by atoms with Crippen molar-refractivity contribution >= 4 is 34.2 Å². The summed E-state index contributed by atoms with van der Waals surface area (Å²) in [6, 6.07) is 18.7. The van der Waals surface area contributed by atoms with Gasteiger partial charge in [-0.05, 0) is 42.1 Å². The number of thiophene rings is 1. The lowest BCUT2D eigenvalue weighted by atomic mass is 10.1. The minimum absolute atomic E-state index is 0.0892. The third-order valence-corrected chi connectivity index (χ3v) is 5.38. The van der Waals surface area contributed by atoms with E-state index >= 15 is 0 Å². The van der Waals surface area contributed by atoms with Gasteiger partial charge in [0, 0.05) is 11.5 Å². The van der Waals surface area contributed by atoms with Crippen LogP contribution in [0, 0.1) is 0 Å². The van der Waals surface area contributed by atoms with E-state index in [9.17, 15) is 14.4 Å². The highest BCUT2D eigenvalue weighted by Gasteiger charge is 2.17. The number of nitrogens with one attached hydrogen (secondary N) is 1. The van der Waals surface area contributed by atoms with Gasteiger partial charge in [0.25, 0.3) is 5.91 Å². The molecule has 0 saturated carbocycles. The molecule has 0 aliphatic carbocycles. The smallest absolute Gasteiger partial charge is 0.353 e. The number of hydrogen-bond acceptors (Lipinski definition) is 6. The van der Waals surface area contributed by atoms with Crippen LogP contribution in [0.3, 0.4) is 0 Å². The fourth-order valence-corrected chi connectivity index (χ4v) is 3.56. The van der Waals surface area contributed by atoms with E-state index in [1.54, 1.807) is 29.6 Å². The van der Waals surface area contributed by atoms with Crippen LogP contribution in [0.1, 0.15) is 38.6 Å². The monoisotopic (exact) mass is 419 g/mol. The van der Waals surface area contributed by atoms with Gasteiger partial charge in [0.05, 0.1) is 6.04 Å². The molecule has 6 nitrogen and oxygen atoms in total. The van der Waals surface area contributed by atoms with Gasteiger partial charge in [0.2, 0.25) is 0 Å². The molecule has 0 aliphatic rings. The molecule has 2 aromatic heterocycles. The zero-order chi connectivity index (χ0) is 21.1. The lowest BCUT2D eigenvalue weighted by Gasteiger charge is -2.14. The van der Waals surface area contributed by atoms with Crippen molar-refractivity contribution in [3.63, 3.8) is 0 Å². The molecule has 1 unspecified atom stereocenters. The molecule has 7 heteroatoms. The Bertz CT molecular complexity index is 1260. The minimum Gasteiger partial charge on any atom is -0.422 e. The molecule has 4 rings (SSSR count). The van der Waals surface area contributed by atoms with Gasteiger partial charge in [-0.1, -0.05) is 36.4 Å². The Morgan fingerprint density at radius 2 is 1.83 bits per heavy atom. The van der Waals surface area contributed by atoms with Crippen LogP contribution in [0.5, 0.6) is 5.75 Å². The lowest BCUT2D eigenvalue weighted by Crippen LogP contribution is -2.30. The number of hydrogen-bond donors (Lipinski definition) is 1. The van der Waals surface area contributed by atoms with Crippen LogP contribution in [0.4, 0.5) is 0 Å². The molecule has 0 saturated heterocycles. The van der Waals surface area contributed by atoms with Gasteiger partial charge in [0.15, 0.2) is 0 Å². The minimum atomic E-state index is -0.762. The van der Waals surface area contributed by atoms with Gasteiger partial charge in [-0.3, -0.25) is 4.79 Å². The molecule has 1 amide bonds. The molecule has 0 fully saturated rings.